The number of amides is 1. The molecule has 1 saturated heterocycles. The minimum Gasteiger partial charge on any atom is -0.375 e. The molecule has 0 aliphatic carbocycles. The van der Waals surface area contributed by atoms with Crippen LogP contribution in [-0.2, 0) is 9.53 Å². The number of nitrogens with zero attached hydrogens (tertiary/aromatic N) is 5. The molecule has 9 heteroatoms. The molecule has 3 aliphatic heterocycles. The number of hydrogen-bond donors (Lipinski definition) is 1. The number of carbonyl (C=O) groups is 1. The van der Waals surface area contributed by atoms with Crippen LogP contribution in [-0.4, -0.2) is 70.2 Å². The number of ether oxygens (including phenoxy) is 1. The van der Waals surface area contributed by atoms with E-state index in [1.165, 1.54) is 18.5 Å². The van der Waals surface area contributed by atoms with Crippen molar-refractivity contribution in [1.29, 1.82) is 0 Å². The van der Waals surface area contributed by atoms with E-state index in [1.807, 2.05) is 19.1 Å². The topological polar surface area (TPSA) is 82.2 Å². The summed E-state index contributed by atoms with van der Waals surface area (Å²) in [7, 11) is 0. The van der Waals surface area contributed by atoms with Crippen LogP contribution in [0.4, 0.5) is 10.1 Å². The lowest BCUT2D eigenvalue weighted by atomic mass is 10.2. The van der Waals surface area contributed by atoms with Gasteiger partial charge in [-0.15, -0.1) is 0 Å². The minimum absolute atomic E-state index is 0.125. The summed E-state index contributed by atoms with van der Waals surface area (Å²) >= 11 is 0. The maximum atomic E-state index is 13.2. The van der Waals surface area contributed by atoms with Crippen molar-refractivity contribution in [3.63, 3.8) is 0 Å². The van der Waals surface area contributed by atoms with Gasteiger partial charge in [0.15, 0.2) is 5.84 Å². The second-order valence-corrected chi connectivity index (χ2v) is 6.21. The average molecular weight is 357 g/mol. The van der Waals surface area contributed by atoms with Crippen LogP contribution in [0.15, 0.2) is 40.7 Å². The highest BCUT2D eigenvalue weighted by atomic mass is 19.1. The first-order chi connectivity index (χ1) is 12.6. The fraction of sp³-hybridized carbons (Fsp3) is 0.353. The Labute approximate surface area is 149 Å². The molecule has 0 aromatic carbocycles. The molecule has 1 aromatic heterocycles. The number of halogens is 1. The molecule has 0 spiro atoms. The number of nitrogens with one attached hydrogen (secondary N) is 1. The molecule has 26 heavy (non-hydrogen) atoms. The van der Waals surface area contributed by atoms with E-state index in [0.717, 1.165) is 25.1 Å². The number of fused-ring (bicyclic) bond motifs is 1. The zero-order valence-corrected chi connectivity index (χ0v) is 14.2. The van der Waals surface area contributed by atoms with E-state index in [9.17, 15) is 9.18 Å². The molecule has 0 bridgehead atoms. The van der Waals surface area contributed by atoms with Crippen molar-refractivity contribution in [2.45, 2.75) is 19.2 Å². The summed E-state index contributed by atoms with van der Waals surface area (Å²) in [6.45, 7) is 4.12. The van der Waals surface area contributed by atoms with Gasteiger partial charge in [-0.25, -0.2) is 9.38 Å². The molecule has 0 saturated carbocycles. The molecule has 1 fully saturated rings. The van der Waals surface area contributed by atoms with E-state index < -0.39 is 11.7 Å². The highest BCUT2D eigenvalue weighted by Gasteiger charge is 2.37. The highest BCUT2D eigenvalue weighted by Crippen LogP contribution is 2.15. The number of carbonyl (C=O) groups excluding carboxylic acids is 1. The van der Waals surface area contributed by atoms with Crippen molar-refractivity contribution in [3.8, 4) is 0 Å². The minimum atomic E-state index is -0.520. The molecule has 0 radical (unpaired) electrons. The van der Waals surface area contributed by atoms with E-state index in [4.69, 9.17) is 4.74 Å². The largest absolute Gasteiger partial charge is 0.375 e. The molecule has 1 unspecified atom stereocenters. The zero-order chi connectivity index (χ0) is 18.1. The first-order valence-corrected chi connectivity index (χ1v) is 8.35. The number of pyridine rings is 1. The summed E-state index contributed by atoms with van der Waals surface area (Å²) in [5.74, 6) is -0.176. The van der Waals surface area contributed by atoms with Crippen LogP contribution in [0.1, 0.15) is 6.92 Å². The van der Waals surface area contributed by atoms with Crippen LogP contribution in [0.2, 0.25) is 0 Å². The molecular formula is C17H18FN6O2+. The third-order valence-corrected chi connectivity index (χ3v) is 4.24. The lowest BCUT2D eigenvalue weighted by Crippen LogP contribution is -2.45. The smallest absolute Gasteiger partial charge is 0.324 e. The molecule has 1 amide bonds. The molecule has 8 nitrogen and oxygen atoms in total. The predicted octanol–water partition coefficient (Wildman–Crippen LogP) is 0.627. The maximum absolute atomic E-state index is 13.2. The van der Waals surface area contributed by atoms with Gasteiger partial charge in [0, 0.05) is 30.3 Å². The summed E-state index contributed by atoms with van der Waals surface area (Å²) in [5, 5.41) is 7.21. The van der Waals surface area contributed by atoms with Crippen molar-refractivity contribution in [3.05, 3.63) is 36.4 Å². The van der Waals surface area contributed by atoms with Crippen molar-refractivity contribution in [2.75, 3.05) is 25.0 Å². The number of amidine groups is 1. The van der Waals surface area contributed by atoms with Crippen molar-refractivity contribution in [2.24, 2.45) is 10.1 Å². The second-order valence-electron chi connectivity index (χ2n) is 6.21. The summed E-state index contributed by atoms with van der Waals surface area (Å²) in [5.41, 5.74) is 0.570. The van der Waals surface area contributed by atoms with Gasteiger partial charge < -0.3 is 15.0 Å². The first-order valence-electron chi connectivity index (χ1n) is 8.35. The second kappa shape index (κ2) is 6.75. The van der Waals surface area contributed by atoms with Gasteiger partial charge in [0.1, 0.15) is 12.0 Å². The van der Waals surface area contributed by atoms with Crippen LogP contribution >= 0.6 is 0 Å². The number of anilines is 1. The van der Waals surface area contributed by atoms with Gasteiger partial charge in [-0.2, -0.15) is 0 Å². The molecule has 3 aliphatic rings. The standard InChI is InChI=1S/C17H17FN6O2/c1-11-10-23(4-5-26-11)16-3-2-15-20-9-14(24(15)22-16)17(25)21-13-6-12(18)7-19-8-13/h2-3,6-9,11,15H,4-5,10H2,1H3/p+1/t11-,15?/m1/s1. The van der Waals surface area contributed by atoms with Crippen LogP contribution in [0.5, 0.6) is 0 Å². The first kappa shape index (κ1) is 16.5. The van der Waals surface area contributed by atoms with Gasteiger partial charge in [0.25, 0.3) is 6.17 Å². The monoisotopic (exact) mass is 357 g/mol. The van der Waals surface area contributed by atoms with E-state index in [1.54, 1.807) is 4.68 Å². The Bertz CT molecular complexity index is 863. The SMILES string of the molecule is C[C@@H]1CN(C2=N[N+]3=C(C(=O)Nc4cncc(F)c4)C=NC3C=C2)CCO1. The quantitative estimate of drug-likeness (QED) is 0.787. The Morgan fingerprint density at radius 3 is 3.15 bits per heavy atom. The number of hydrazone groups is 1. The number of rotatable bonds is 2. The van der Waals surface area contributed by atoms with E-state index >= 15 is 0 Å². The average Bonchev–Trinajstić information content (AvgIpc) is 3.05. The van der Waals surface area contributed by atoms with Crippen LogP contribution in [0, 0.1) is 5.82 Å². The zero-order valence-electron chi connectivity index (χ0n) is 14.2. The Morgan fingerprint density at radius 2 is 2.35 bits per heavy atom. The summed E-state index contributed by atoms with van der Waals surface area (Å²) in [4.78, 5) is 22.7. The molecule has 4 rings (SSSR count). The van der Waals surface area contributed by atoms with Crippen molar-refractivity contribution < 1.29 is 18.6 Å². The molecular weight excluding hydrogens is 339 g/mol. The molecule has 2 atom stereocenters. The van der Waals surface area contributed by atoms with Crippen molar-refractivity contribution >= 4 is 29.4 Å². The fourth-order valence-electron chi connectivity index (χ4n) is 3.01. The lowest BCUT2D eigenvalue weighted by molar-refractivity contribution is -0.554. The Balaban J connectivity index is 1.57. The number of aromatic nitrogens is 1. The van der Waals surface area contributed by atoms with E-state index in [2.05, 4.69) is 25.3 Å². The number of hydrogen-bond acceptors (Lipinski definition) is 6. The van der Waals surface area contributed by atoms with E-state index in [-0.39, 0.29) is 18.0 Å². The van der Waals surface area contributed by atoms with Gasteiger partial charge in [-0.1, -0.05) is 0 Å². The number of aliphatic imine (C=N–C) groups is 1. The summed E-state index contributed by atoms with van der Waals surface area (Å²) in [6.07, 6.45) is 7.52. The lowest BCUT2D eigenvalue weighted by Gasteiger charge is -2.32. The van der Waals surface area contributed by atoms with Gasteiger partial charge in [-0.05, 0) is 17.7 Å². The van der Waals surface area contributed by atoms with Crippen LogP contribution in [0.3, 0.4) is 0 Å². The van der Waals surface area contributed by atoms with Gasteiger partial charge in [0.05, 0.1) is 30.8 Å². The predicted molar refractivity (Wildman–Crippen MR) is 93.9 cm³/mol. The third-order valence-electron chi connectivity index (χ3n) is 4.24. The maximum Gasteiger partial charge on any atom is 0.324 e. The normalized spacial score (nSPS) is 24.5. The molecule has 1 aromatic rings. The fourth-order valence-corrected chi connectivity index (χ4v) is 3.01. The molecule has 1 N–H and O–H groups in total. The van der Waals surface area contributed by atoms with Gasteiger partial charge >= 0.3 is 11.6 Å². The van der Waals surface area contributed by atoms with Crippen LogP contribution in [0.25, 0.3) is 0 Å². The van der Waals surface area contributed by atoms with Crippen LogP contribution < -0.4 is 5.32 Å². The third kappa shape index (κ3) is 3.25. The van der Waals surface area contributed by atoms with Crippen molar-refractivity contribution in [1.82, 2.24) is 9.88 Å². The molecule has 134 valence electrons. The van der Waals surface area contributed by atoms with E-state index in [0.29, 0.717) is 12.3 Å². The van der Waals surface area contributed by atoms with Gasteiger partial charge in [-0.3, -0.25) is 9.78 Å². The highest BCUT2D eigenvalue weighted by molar-refractivity contribution is 6.61. The summed E-state index contributed by atoms with van der Waals surface area (Å²) in [6, 6.07) is 1.20. The summed E-state index contributed by atoms with van der Waals surface area (Å²) < 4.78 is 20.4. The Hall–Kier alpha value is -2.94. The molecule has 4 heterocycles. The Morgan fingerprint density at radius 1 is 1.46 bits per heavy atom. The van der Waals surface area contributed by atoms with Gasteiger partial charge in [0.2, 0.25) is 0 Å². The number of morpholine rings is 1. The Kier molecular flexibility index (Phi) is 4.29.